The van der Waals surface area contributed by atoms with Crippen LogP contribution in [0.3, 0.4) is 0 Å². The van der Waals surface area contributed by atoms with Gasteiger partial charge < -0.3 is 10.0 Å². The number of hydrogen-bond donors (Lipinski definition) is 1. The molecule has 2 atom stereocenters. The zero-order chi connectivity index (χ0) is 14.8. The molecule has 0 bridgehead atoms. The molecular weight excluding hydrogens is 278 g/mol. The van der Waals surface area contributed by atoms with Crippen molar-refractivity contribution in [2.75, 3.05) is 40.3 Å². The van der Waals surface area contributed by atoms with Gasteiger partial charge in [0, 0.05) is 32.2 Å². The summed E-state index contributed by atoms with van der Waals surface area (Å²) in [5, 5.41) is 9.43. The van der Waals surface area contributed by atoms with Crippen LogP contribution in [0.25, 0.3) is 0 Å². The number of likely N-dealkylation sites (N-methyl/N-ethyl adjacent to an activating group) is 2. The van der Waals surface area contributed by atoms with E-state index in [2.05, 4.69) is 4.90 Å². The smallest absolute Gasteiger partial charge is 0.282 e. The van der Waals surface area contributed by atoms with Gasteiger partial charge in [-0.05, 0) is 39.3 Å². The normalized spacial score (nSPS) is 30.8. The first-order chi connectivity index (χ1) is 9.46. The van der Waals surface area contributed by atoms with Crippen molar-refractivity contribution in [3.63, 3.8) is 0 Å². The van der Waals surface area contributed by atoms with Crippen molar-refractivity contribution in [3.8, 4) is 0 Å². The minimum absolute atomic E-state index is 0.0417. The number of hydrogen-bond acceptors (Lipinski definition) is 4. The second-order valence-corrected chi connectivity index (χ2v) is 7.97. The standard InChI is InChI=1S/C13H27N3O3S/c1-14-8-5-7-12(10-14)15(2)20(18,19)16-9-4-3-6-13(16)11-17/h12-13,17H,3-11H2,1-2H3. The van der Waals surface area contributed by atoms with Crippen LogP contribution in [0, 0.1) is 0 Å². The Morgan fingerprint density at radius 1 is 1.20 bits per heavy atom. The Balaban J connectivity index is 2.11. The Labute approximate surface area is 122 Å². The molecular formula is C13H27N3O3S. The molecule has 0 aromatic heterocycles. The predicted octanol–water partition coefficient (Wildman–Crippen LogP) is 0.104. The van der Waals surface area contributed by atoms with E-state index in [-0.39, 0.29) is 18.7 Å². The number of rotatable bonds is 4. The number of aliphatic hydroxyl groups is 1. The van der Waals surface area contributed by atoms with Crippen LogP contribution in [0.1, 0.15) is 32.1 Å². The van der Waals surface area contributed by atoms with E-state index in [1.54, 1.807) is 7.05 Å². The number of piperidine rings is 2. The Bertz CT molecular complexity index is 415. The van der Waals surface area contributed by atoms with Crippen LogP contribution >= 0.6 is 0 Å². The Morgan fingerprint density at radius 3 is 2.60 bits per heavy atom. The molecule has 0 aromatic rings. The van der Waals surface area contributed by atoms with Gasteiger partial charge in [-0.2, -0.15) is 17.0 Å². The fraction of sp³-hybridized carbons (Fsp3) is 1.00. The summed E-state index contributed by atoms with van der Waals surface area (Å²) < 4.78 is 28.6. The van der Waals surface area contributed by atoms with Crippen molar-refractivity contribution >= 4 is 10.2 Å². The summed E-state index contributed by atoms with van der Waals surface area (Å²) in [6.07, 6.45) is 4.58. The van der Waals surface area contributed by atoms with Gasteiger partial charge in [-0.15, -0.1) is 0 Å². The molecule has 0 saturated carbocycles. The van der Waals surface area contributed by atoms with E-state index in [1.807, 2.05) is 7.05 Å². The SMILES string of the molecule is CN1CCCC(N(C)S(=O)(=O)N2CCCCC2CO)C1. The van der Waals surface area contributed by atoms with Gasteiger partial charge >= 0.3 is 0 Å². The van der Waals surface area contributed by atoms with E-state index in [1.165, 1.54) is 8.61 Å². The number of nitrogens with zero attached hydrogens (tertiary/aromatic N) is 3. The van der Waals surface area contributed by atoms with Gasteiger partial charge in [0.25, 0.3) is 10.2 Å². The molecule has 2 heterocycles. The fourth-order valence-corrected chi connectivity index (χ4v) is 5.04. The third-order valence-electron chi connectivity index (χ3n) is 4.56. The molecule has 118 valence electrons. The minimum Gasteiger partial charge on any atom is -0.395 e. The molecule has 2 fully saturated rings. The maximum Gasteiger partial charge on any atom is 0.282 e. The van der Waals surface area contributed by atoms with E-state index in [0.29, 0.717) is 6.54 Å². The van der Waals surface area contributed by atoms with Crippen LogP contribution in [0.5, 0.6) is 0 Å². The number of aliphatic hydroxyl groups excluding tert-OH is 1. The lowest BCUT2D eigenvalue weighted by Gasteiger charge is -2.40. The largest absolute Gasteiger partial charge is 0.395 e. The molecule has 7 heteroatoms. The van der Waals surface area contributed by atoms with Crippen LogP contribution in [-0.4, -0.2) is 79.5 Å². The Hall–Kier alpha value is -0.210. The first-order valence-electron chi connectivity index (χ1n) is 7.51. The van der Waals surface area contributed by atoms with Gasteiger partial charge in [0.2, 0.25) is 0 Å². The topological polar surface area (TPSA) is 64.1 Å². The highest BCUT2D eigenvalue weighted by molar-refractivity contribution is 7.86. The lowest BCUT2D eigenvalue weighted by atomic mass is 10.1. The van der Waals surface area contributed by atoms with Crippen molar-refractivity contribution in [2.24, 2.45) is 0 Å². The third kappa shape index (κ3) is 3.33. The Morgan fingerprint density at radius 2 is 1.95 bits per heavy atom. The highest BCUT2D eigenvalue weighted by Crippen LogP contribution is 2.25. The first kappa shape index (κ1) is 16.2. The second-order valence-electron chi connectivity index (χ2n) is 6.03. The summed E-state index contributed by atoms with van der Waals surface area (Å²) in [7, 11) is 0.248. The van der Waals surface area contributed by atoms with Gasteiger partial charge in [0.15, 0.2) is 0 Å². The average Bonchev–Trinajstić information content (AvgIpc) is 2.46. The molecule has 6 nitrogen and oxygen atoms in total. The summed E-state index contributed by atoms with van der Waals surface area (Å²) in [6.45, 7) is 2.26. The molecule has 0 radical (unpaired) electrons. The van der Waals surface area contributed by atoms with Crippen LogP contribution in [0.4, 0.5) is 0 Å². The molecule has 0 spiro atoms. The summed E-state index contributed by atoms with van der Waals surface area (Å²) in [5.41, 5.74) is 0. The van der Waals surface area contributed by atoms with Crippen molar-refractivity contribution in [2.45, 2.75) is 44.2 Å². The van der Waals surface area contributed by atoms with E-state index in [9.17, 15) is 13.5 Å². The average molecular weight is 305 g/mol. The van der Waals surface area contributed by atoms with Crippen molar-refractivity contribution in [1.82, 2.24) is 13.5 Å². The molecule has 0 amide bonds. The Kier molecular flexibility index (Phi) is 5.42. The predicted molar refractivity (Wildman–Crippen MR) is 78.6 cm³/mol. The molecule has 0 aliphatic carbocycles. The lowest BCUT2D eigenvalue weighted by molar-refractivity contribution is 0.137. The molecule has 2 saturated heterocycles. The fourth-order valence-electron chi connectivity index (χ4n) is 3.25. The van der Waals surface area contributed by atoms with Gasteiger partial charge in [0.05, 0.1) is 6.61 Å². The monoisotopic (exact) mass is 305 g/mol. The van der Waals surface area contributed by atoms with Gasteiger partial charge in [0.1, 0.15) is 0 Å². The minimum atomic E-state index is -3.47. The lowest BCUT2D eigenvalue weighted by Crippen LogP contribution is -2.55. The molecule has 2 rings (SSSR count). The zero-order valence-corrected chi connectivity index (χ0v) is 13.3. The quantitative estimate of drug-likeness (QED) is 0.800. The molecule has 2 aliphatic rings. The summed E-state index contributed by atoms with van der Waals surface area (Å²) in [6, 6.07) is -0.211. The van der Waals surface area contributed by atoms with Crippen LogP contribution < -0.4 is 0 Å². The molecule has 20 heavy (non-hydrogen) atoms. The van der Waals surface area contributed by atoms with Crippen LogP contribution in [-0.2, 0) is 10.2 Å². The second kappa shape index (κ2) is 6.70. The molecule has 0 aromatic carbocycles. The maximum atomic E-state index is 12.8. The highest BCUT2D eigenvalue weighted by Gasteiger charge is 2.38. The first-order valence-corrected chi connectivity index (χ1v) is 8.90. The number of likely N-dealkylation sites (tertiary alicyclic amines) is 1. The van der Waals surface area contributed by atoms with Crippen LogP contribution in [0.15, 0.2) is 0 Å². The van der Waals surface area contributed by atoms with Crippen LogP contribution in [0.2, 0.25) is 0 Å². The summed E-state index contributed by atoms with van der Waals surface area (Å²) >= 11 is 0. The summed E-state index contributed by atoms with van der Waals surface area (Å²) in [5.74, 6) is 0. The van der Waals surface area contributed by atoms with E-state index >= 15 is 0 Å². The molecule has 2 unspecified atom stereocenters. The van der Waals surface area contributed by atoms with Gasteiger partial charge in [-0.25, -0.2) is 0 Å². The zero-order valence-electron chi connectivity index (χ0n) is 12.5. The summed E-state index contributed by atoms with van der Waals surface area (Å²) in [4.78, 5) is 2.18. The van der Waals surface area contributed by atoms with E-state index in [0.717, 1.165) is 45.2 Å². The highest BCUT2D eigenvalue weighted by atomic mass is 32.2. The van der Waals surface area contributed by atoms with Crippen molar-refractivity contribution in [3.05, 3.63) is 0 Å². The molecule has 2 aliphatic heterocycles. The van der Waals surface area contributed by atoms with Gasteiger partial charge in [-0.1, -0.05) is 6.42 Å². The van der Waals surface area contributed by atoms with E-state index < -0.39 is 10.2 Å². The van der Waals surface area contributed by atoms with Crippen molar-refractivity contribution in [1.29, 1.82) is 0 Å². The third-order valence-corrected chi connectivity index (χ3v) is 6.66. The maximum absolute atomic E-state index is 12.8. The van der Waals surface area contributed by atoms with Crippen molar-refractivity contribution < 1.29 is 13.5 Å². The van der Waals surface area contributed by atoms with Gasteiger partial charge in [-0.3, -0.25) is 0 Å². The molecule has 1 N–H and O–H groups in total. The van der Waals surface area contributed by atoms with E-state index in [4.69, 9.17) is 0 Å².